The van der Waals surface area contributed by atoms with Crippen molar-refractivity contribution in [2.75, 3.05) is 49.5 Å². The van der Waals surface area contributed by atoms with Gasteiger partial charge >= 0.3 is 18.3 Å². The number of Topliss-reactive ketones (excluding diaryl/α,β-unsaturated/α-hetero) is 2. The molecule has 0 unspecified atom stereocenters. The minimum atomic E-state index is -4.85. The number of esters is 1. The zero-order chi connectivity index (χ0) is 72.0. The molecule has 8 rings (SSSR count). The lowest BCUT2D eigenvalue weighted by Gasteiger charge is -2.19. The monoisotopic (exact) mass is 1400 g/mol. The summed E-state index contributed by atoms with van der Waals surface area (Å²) in [7, 11) is 5.53. The number of carbonyl (C=O) groups excluding carboxylic acids is 3. The topological polar surface area (TPSA) is 302 Å². The summed E-state index contributed by atoms with van der Waals surface area (Å²) in [4.78, 5) is 66.1. The highest BCUT2D eigenvalue weighted by Crippen LogP contribution is 2.36. The molecule has 0 aliphatic heterocycles. The molecule has 0 spiro atoms. The van der Waals surface area contributed by atoms with E-state index in [2.05, 4.69) is 109 Å². The van der Waals surface area contributed by atoms with E-state index in [1.807, 2.05) is 165 Å². The lowest BCUT2D eigenvalue weighted by atomic mass is 10.1. The first-order chi connectivity index (χ1) is 44.9. The van der Waals surface area contributed by atoms with Gasteiger partial charge in [-0.3, -0.25) is 31.4 Å². The molecule has 27 heteroatoms. The molecule has 0 radical (unpaired) electrons. The number of hydrogen-bond donors (Lipinski definition) is 5. The highest BCUT2D eigenvalue weighted by molar-refractivity contribution is 9.10. The summed E-state index contributed by atoms with van der Waals surface area (Å²) in [5.41, 5.74) is 9.62. The Hall–Kier alpha value is -9.67. The quantitative estimate of drug-likeness (QED) is 0.0179. The van der Waals surface area contributed by atoms with Gasteiger partial charge < -0.3 is 30.4 Å². The van der Waals surface area contributed by atoms with Gasteiger partial charge in [0.25, 0.3) is 0 Å². The number of nitrogens with two attached hydrogens (primary N) is 2. The number of aromatic nitrogens is 9. The highest BCUT2D eigenvalue weighted by atomic mass is 79.9. The van der Waals surface area contributed by atoms with Crippen molar-refractivity contribution < 1.29 is 56.0 Å². The van der Waals surface area contributed by atoms with Crippen LogP contribution in [-0.2, 0) is 15.7 Å². The zero-order valence-corrected chi connectivity index (χ0v) is 58.4. The van der Waals surface area contributed by atoms with Crippen LogP contribution in [0.1, 0.15) is 138 Å². The molecule has 518 valence electrons. The van der Waals surface area contributed by atoms with Gasteiger partial charge in [0.1, 0.15) is 50.6 Å². The van der Waals surface area contributed by atoms with Gasteiger partial charge in [-0.1, -0.05) is 66.8 Å². The standard InChI is InChI=1S/C19H18F3N5.C17H19N3O.C10H14N2.C10H13N.C7H6BrNO.C4H5F3O2.C2H6O.H4N2.H2O/c1-4-12(2)14-7-5-9-16(24-14)27(3)17-10-6-8-15(25-17)18-13(11-23-26-18)19(20,21)22;1-5-12(2)14-8-6-10-16(18-14)20(4)17-11-7-9-15(19-17)13(3)21;1-4-8(2)9-6-5-7-10(11-3)12-9;1-4-8(2)10-7-5-6-9(3)11-10;1-5(10)6-3-2-4-7(8)9-6;1-2-9-3(8)4(5,6)7;1-2-3;1-2;/h4-11H,1-3H3,(H,23,26);5-11H,1-4H3;4-7H,1-3H3,(H,11,12);4-7H,1-3H3;2-4H,1H3;2H2,1H3;3H,2H2,1H3;1-2H2;1H2/b12-4+;12-5+;2*8-4+;;;;;. The number of nitrogens with zero attached hydrogens (tertiary/aromatic N) is 10. The number of ketones is 2. The van der Waals surface area contributed by atoms with E-state index < -0.39 is 23.9 Å². The number of anilines is 5. The number of H-pyrrole nitrogens is 1. The number of aromatic amines is 1. The van der Waals surface area contributed by atoms with Crippen molar-refractivity contribution in [3.8, 4) is 11.4 Å². The molecule has 0 saturated carbocycles. The van der Waals surface area contributed by atoms with Crippen molar-refractivity contribution >= 4 is 84.8 Å². The second-order valence-electron chi connectivity index (χ2n) is 19.5. The smallest absolute Gasteiger partial charge is 0.459 e. The second-order valence-corrected chi connectivity index (χ2v) is 20.3. The largest absolute Gasteiger partial charge is 0.490 e. The van der Waals surface area contributed by atoms with Gasteiger partial charge in [-0.2, -0.15) is 31.4 Å². The molecule has 0 aromatic carbocycles. The minimum absolute atomic E-state index is 0. The van der Waals surface area contributed by atoms with E-state index in [-0.39, 0.29) is 41.6 Å². The van der Waals surface area contributed by atoms with Gasteiger partial charge in [-0.15, -0.1) is 0 Å². The van der Waals surface area contributed by atoms with Crippen molar-refractivity contribution in [1.29, 1.82) is 0 Å². The van der Waals surface area contributed by atoms with Crippen molar-refractivity contribution in [1.82, 2.24) is 45.1 Å². The lowest BCUT2D eigenvalue weighted by Crippen LogP contribution is -2.25. The van der Waals surface area contributed by atoms with E-state index in [9.17, 15) is 40.7 Å². The fourth-order valence-corrected chi connectivity index (χ4v) is 7.45. The number of rotatable bonds is 13. The number of pyridine rings is 7. The van der Waals surface area contributed by atoms with E-state index in [1.165, 1.54) is 38.0 Å². The Kier molecular flexibility index (Phi) is 40.3. The summed E-state index contributed by atoms with van der Waals surface area (Å²) >= 11 is 3.17. The number of allylic oxidation sites excluding steroid dienone is 8. The molecule has 0 fully saturated rings. The summed E-state index contributed by atoms with van der Waals surface area (Å²) in [5, 5.41) is 16.5. The zero-order valence-electron chi connectivity index (χ0n) is 56.8. The number of ether oxygens (including phenoxy) is 1. The number of aliphatic hydroxyl groups is 1. The summed E-state index contributed by atoms with van der Waals surface area (Å²) in [5.74, 6) is 9.32. The van der Waals surface area contributed by atoms with E-state index in [0.717, 1.165) is 57.4 Å². The minimum Gasteiger partial charge on any atom is -0.459 e. The van der Waals surface area contributed by atoms with Gasteiger partial charge in [-0.25, -0.2) is 34.7 Å². The van der Waals surface area contributed by atoms with Crippen LogP contribution in [0.2, 0.25) is 0 Å². The first kappa shape index (κ1) is 86.3. The molecule has 20 nitrogen and oxygen atoms in total. The van der Waals surface area contributed by atoms with E-state index >= 15 is 0 Å². The van der Waals surface area contributed by atoms with Gasteiger partial charge in [-0.05, 0) is 199 Å². The van der Waals surface area contributed by atoms with Crippen molar-refractivity contribution in [3.63, 3.8) is 0 Å². The Morgan fingerprint density at radius 2 is 0.917 bits per heavy atom. The molecule has 0 aliphatic rings. The third-order valence-electron chi connectivity index (χ3n) is 12.7. The van der Waals surface area contributed by atoms with E-state index in [1.54, 1.807) is 55.3 Å². The molecule has 8 aromatic rings. The second kappa shape index (κ2) is 44.8. The average Bonchev–Trinajstić information content (AvgIpc) is 1.59. The highest BCUT2D eigenvalue weighted by Gasteiger charge is 2.40. The number of nitrogens with one attached hydrogen (secondary N) is 2. The third kappa shape index (κ3) is 30.2. The Morgan fingerprint density at radius 3 is 1.27 bits per heavy atom. The third-order valence-corrected chi connectivity index (χ3v) is 13.1. The van der Waals surface area contributed by atoms with Crippen molar-refractivity contribution in [3.05, 3.63) is 208 Å². The fourth-order valence-electron chi connectivity index (χ4n) is 7.11. The van der Waals surface area contributed by atoms with Gasteiger partial charge in [0, 0.05) is 47.3 Å². The maximum Gasteiger partial charge on any atom is 0.490 e. The number of hydrogen-bond acceptors (Lipinski definition) is 18. The molecule has 8 aromatic heterocycles. The number of aliphatic hydroxyl groups excluding tert-OH is 1. The molecule has 9 N–H and O–H groups in total. The van der Waals surface area contributed by atoms with Crippen LogP contribution in [0.5, 0.6) is 0 Å². The van der Waals surface area contributed by atoms with Crippen LogP contribution in [0.4, 0.5) is 55.4 Å². The normalized spacial score (nSPS) is 11.0. The number of halogens is 7. The Bertz CT molecular complexity index is 3800. The van der Waals surface area contributed by atoms with Gasteiger partial charge in [0.2, 0.25) is 0 Å². The molecular weight excluding hydrogens is 1310 g/mol. The molecule has 96 heavy (non-hydrogen) atoms. The fraction of sp³-hybridized carbons (Fsp3) is 0.290. The first-order valence-electron chi connectivity index (χ1n) is 29.4. The number of aryl methyl sites for hydroxylation is 1. The number of hydrazine groups is 1. The maximum absolute atomic E-state index is 13.1. The van der Waals surface area contributed by atoms with Crippen LogP contribution < -0.4 is 26.8 Å². The Balaban J connectivity index is 0.00000116. The Morgan fingerprint density at radius 1 is 0.562 bits per heavy atom. The van der Waals surface area contributed by atoms with Crippen LogP contribution in [0.3, 0.4) is 0 Å². The summed E-state index contributed by atoms with van der Waals surface area (Å²) in [6.07, 6.45) is -0.480. The molecule has 0 atom stereocenters. The van der Waals surface area contributed by atoms with Crippen LogP contribution in [-0.4, -0.2) is 114 Å². The molecular formula is C69H87BrF6N14O6. The SMILES string of the molecule is C/C=C(\C)c1cccc(C)n1.C/C=C(\C)c1cccc(N(C)c2cccc(-c3[nH]ncc3C(F)(F)F)n2)n1.C/C=C(\C)c1cccc(N(C)c2cccc(C(C)=O)n2)n1.C/C=C(\C)c1cccc(NC)n1.CC(=O)c1cccc(Br)n1.CCO.CCOC(=O)C(F)(F)F.NN.O. The Labute approximate surface area is 566 Å². The predicted octanol–water partition coefficient (Wildman–Crippen LogP) is 15.5. The molecule has 0 amide bonds. The van der Waals surface area contributed by atoms with E-state index in [4.69, 9.17) is 5.11 Å². The van der Waals surface area contributed by atoms with Crippen LogP contribution in [0.15, 0.2) is 162 Å². The van der Waals surface area contributed by atoms with Crippen molar-refractivity contribution in [2.45, 2.75) is 102 Å². The van der Waals surface area contributed by atoms with Gasteiger partial charge in [0.05, 0.1) is 47.0 Å². The van der Waals surface area contributed by atoms with E-state index in [0.29, 0.717) is 33.4 Å². The van der Waals surface area contributed by atoms with Crippen LogP contribution in [0.25, 0.3) is 33.7 Å². The molecule has 0 aliphatic carbocycles. The first-order valence-corrected chi connectivity index (χ1v) is 30.1. The summed E-state index contributed by atoms with van der Waals surface area (Å²) in [6, 6.07) is 39.0. The number of carbonyl (C=O) groups is 3. The predicted molar refractivity (Wildman–Crippen MR) is 375 cm³/mol. The van der Waals surface area contributed by atoms with Crippen LogP contribution in [0, 0.1) is 6.92 Å². The average molecular weight is 1400 g/mol. The van der Waals surface area contributed by atoms with Crippen LogP contribution >= 0.6 is 15.9 Å². The molecule has 0 saturated heterocycles. The van der Waals surface area contributed by atoms with Crippen molar-refractivity contribution in [2.24, 2.45) is 11.7 Å². The molecule has 0 bridgehead atoms. The summed E-state index contributed by atoms with van der Waals surface area (Å²) in [6.45, 7) is 24.1. The maximum atomic E-state index is 13.1. The summed E-state index contributed by atoms with van der Waals surface area (Å²) < 4.78 is 77.2. The lowest BCUT2D eigenvalue weighted by molar-refractivity contribution is -0.199. The van der Waals surface area contributed by atoms with Gasteiger partial charge in [0.15, 0.2) is 11.6 Å². The molecule has 8 heterocycles. The number of alkyl halides is 6.